The molecule has 0 bridgehead atoms. The molecule has 0 aliphatic heterocycles. The van der Waals surface area contributed by atoms with Gasteiger partial charge < -0.3 is 14.9 Å². The Morgan fingerprint density at radius 2 is 1.29 bits per heavy atom. The lowest BCUT2D eigenvalue weighted by atomic mass is 10.1. The number of carbonyl (C=O) groups is 2. The number of allylic oxidation sites excluding steroid dienone is 2. The molecule has 5 nitrogen and oxygen atoms in total. The minimum Gasteiger partial charge on any atom is -0.481 e. The van der Waals surface area contributed by atoms with Crippen LogP contribution in [0.5, 0.6) is 0 Å². The van der Waals surface area contributed by atoms with Gasteiger partial charge in [0.25, 0.3) is 0 Å². The van der Waals surface area contributed by atoms with Gasteiger partial charge in [-0.05, 0) is 38.5 Å². The summed E-state index contributed by atoms with van der Waals surface area (Å²) in [6, 6.07) is 0. The third-order valence-corrected chi connectivity index (χ3v) is 4.87. The molecule has 0 fully saturated rings. The van der Waals surface area contributed by atoms with Gasteiger partial charge in [-0.3, -0.25) is 4.79 Å². The van der Waals surface area contributed by atoms with E-state index in [-0.39, 0.29) is 12.8 Å². The molecule has 0 saturated carbocycles. The fourth-order valence-electron chi connectivity index (χ4n) is 3.11. The third kappa shape index (κ3) is 19.4. The highest BCUT2D eigenvalue weighted by Gasteiger charge is 2.18. The Kier molecular flexibility index (Phi) is 19.4. The highest BCUT2D eigenvalue weighted by Crippen LogP contribution is 2.11. The number of aliphatic carboxylic acids is 2. The lowest BCUT2D eigenvalue weighted by molar-refractivity contribution is -0.151. The molecule has 28 heavy (non-hydrogen) atoms. The number of rotatable bonds is 21. The van der Waals surface area contributed by atoms with E-state index in [9.17, 15) is 9.59 Å². The van der Waals surface area contributed by atoms with E-state index in [0.29, 0.717) is 6.61 Å². The standard InChI is InChI=1S/C23H42O5/c1-2-3-4-5-6-7-8-9-10-11-12-13-14-15-16-17-20-28-21(23(26)27)18-19-22(24)25/h9-10,21H,2-8,11-20H2,1H3,(H,24,25)(H,26,27). The molecule has 0 rings (SSSR count). The Labute approximate surface area is 171 Å². The SMILES string of the molecule is CCCCCCCCC=CCCCCCCCCOC(CCC(=O)O)C(=O)O. The van der Waals surface area contributed by atoms with Crippen LogP contribution in [-0.2, 0) is 14.3 Å². The maximum absolute atomic E-state index is 11.0. The molecule has 0 heterocycles. The van der Waals surface area contributed by atoms with Gasteiger partial charge in [-0.1, -0.05) is 76.9 Å². The molecule has 0 aromatic rings. The summed E-state index contributed by atoms with van der Waals surface area (Å²) in [5.41, 5.74) is 0. The zero-order chi connectivity index (χ0) is 20.9. The van der Waals surface area contributed by atoms with Crippen LogP contribution in [0.4, 0.5) is 0 Å². The zero-order valence-corrected chi connectivity index (χ0v) is 17.9. The molecule has 0 amide bonds. The summed E-state index contributed by atoms with van der Waals surface area (Å²) in [5, 5.41) is 17.6. The quantitative estimate of drug-likeness (QED) is 0.174. The maximum Gasteiger partial charge on any atom is 0.332 e. The molecule has 0 spiro atoms. The van der Waals surface area contributed by atoms with Crippen molar-refractivity contribution in [1.82, 2.24) is 0 Å². The van der Waals surface area contributed by atoms with Crippen molar-refractivity contribution in [3.63, 3.8) is 0 Å². The summed E-state index contributed by atoms with van der Waals surface area (Å²) >= 11 is 0. The van der Waals surface area contributed by atoms with Crippen LogP contribution in [0, 0.1) is 0 Å². The monoisotopic (exact) mass is 398 g/mol. The first-order valence-corrected chi connectivity index (χ1v) is 11.3. The van der Waals surface area contributed by atoms with Gasteiger partial charge in [-0.25, -0.2) is 4.79 Å². The van der Waals surface area contributed by atoms with Crippen molar-refractivity contribution in [2.24, 2.45) is 0 Å². The van der Waals surface area contributed by atoms with Gasteiger partial charge in [0.15, 0.2) is 6.10 Å². The molecule has 164 valence electrons. The van der Waals surface area contributed by atoms with Gasteiger partial charge in [0, 0.05) is 13.0 Å². The molecule has 0 aromatic carbocycles. The smallest absolute Gasteiger partial charge is 0.332 e. The number of hydrogen-bond acceptors (Lipinski definition) is 3. The fourth-order valence-corrected chi connectivity index (χ4v) is 3.11. The highest BCUT2D eigenvalue weighted by molar-refractivity contribution is 5.74. The third-order valence-electron chi connectivity index (χ3n) is 4.87. The summed E-state index contributed by atoms with van der Waals surface area (Å²) < 4.78 is 5.30. The van der Waals surface area contributed by atoms with Gasteiger partial charge >= 0.3 is 11.9 Å². The van der Waals surface area contributed by atoms with Crippen molar-refractivity contribution in [3.05, 3.63) is 12.2 Å². The topological polar surface area (TPSA) is 83.8 Å². The number of ether oxygens (including phenoxy) is 1. The van der Waals surface area contributed by atoms with Gasteiger partial charge in [-0.15, -0.1) is 0 Å². The van der Waals surface area contributed by atoms with Crippen LogP contribution >= 0.6 is 0 Å². The number of hydrogen-bond donors (Lipinski definition) is 2. The summed E-state index contributed by atoms with van der Waals surface area (Å²) in [7, 11) is 0. The van der Waals surface area contributed by atoms with Crippen molar-refractivity contribution in [3.8, 4) is 0 Å². The molecule has 1 atom stereocenters. The Balaban J connectivity index is 3.37. The van der Waals surface area contributed by atoms with Crippen LogP contribution in [0.1, 0.15) is 110 Å². The lowest BCUT2D eigenvalue weighted by Gasteiger charge is -2.12. The number of carboxylic acid groups (broad SMARTS) is 2. The zero-order valence-electron chi connectivity index (χ0n) is 17.9. The molecule has 0 aromatic heterocycles. The molecule has 0 radical (unpaired) electrons. The average Bonchev–Trinajstić information content (AvgIpc) is 2.66. The predicted octanol–water partition coefficient (Wildman–Crippen LogP) is 6.36. The molecule has 5 heteroatoms. The molecule has 2 N–H and O–H groups in total. The van der Waals surface area contributed by atoms with Gasteiger partial charge in [0.1, 0.15) is 0 Å². The molecular formula is C23H42O5. The summed E-state index contributed by atoms with van der Waals surface area (Å²) in [4.78, 5) is 21.5. The van der Waals surface area contributed by atoms with Crippen LogP contribution in [0.3, 0.4) is 0 Å². The first-order valence-electron chi connectivity index (χ1n) is 11.3. The van der Waals surface area contributed by atoms with Crippen molar-refractivity contribution < 1.29 is 24.5 Å². The van der Waals surface area contributed by atoms with Crippen LogP contribution in [0.2, 0.25) is 0 Å². The van der Waals surface area contributed by atoms with Crippen LogP contribution in [0.15, 0.2) is 12.2 Å². The second-order valence-corrected chi connectivity index (χ2v) is 7.57. The second-order valence-electron chi connectivity index (χ2n) is 7.57. The summed E-state index contributed by atoms with van der Waals surface area (Å²) in [6.45, 7) is 2.64. The number of carboxylic acids is 2. The van der Waals surface area contributed by atoms with Crippen molar-refractivity contribution in [1.29, 1.82) is 0 Å². The average molecular weight is 399 g/mol. The molecule has 1 unspecified atom stereocenters. The van der Waals surface area contributed by atoms with E-state index in [1.165, 1.54) is 70.6 Å². The largest absolute Gasteiger partial charge is 0.481 e. The second kappa shape index (κ2) is 20.4. The predicted molar refractivity (Wildman–Crippen MR) is 114 cm³/mol. The van der Waals surface area contributed by atoms with Crippen molar-refractivity contribution in [2.75, 3.05) is 6.61 Å². The Bertz CT molecular complexity index is 406. The first-order chi connectivity index (χ1) is 13.6. The highest BCUT2D eigenvalue weighted by atomic mass is 16.5. The summed E-state index contributed by atoms with van der Waals surface area (Å²) in [5.74, 6) is -2.07. The van der Waals surface area contributed by atoms with Gasteiger partial charge in [-0.2, -0.15) is 0 Å². The molecular weight excluding hydrogens is 356 g/mol. The van der Waals surface area contributed by atoms with E-state index < -0.39 is 18.0 Å². The Morgan fingerprint density at radius 1 is 0.786 bits per heavy atom. The minimum atomic E-state index is -1.08. The Morgan fingerprint density at radius 3 is 1.79 bits per heavy atom. The maximum atomic E-state index is 11.0. The lowest BCUT2D eigenvalue weighted by Crippen LogP contribution is -2.25. The molecule has 0 saturated heterocycles. The van der Waals surface area contributed by atoms with Crippen LogP contribution in [0.25, 0.3) is 0 Å². The van der Waals surface area contributed by atoms with E-state index in [0.717, 1.165) is 19.3 Å². The van der Waals surface area contributed by atoms with Crippen LogP contribution < -0.4 is 0 Å². The van der Waals surface area contributed by atoms with E-state index >= 15 is 0 Å². The Hall–Kier alpha value is -1.36. The van der Waals surface area contributed by atoms with Gasteiger partial charge in [0.2, 0.25) is 0 Å². The fraction of sp³-hybridized carbons (Fsp3) is 0.826. The van der Waals surface area contributed by atoms with Gasteiger partial charge in [0.05, 0.1) is 0 Å². The van der Waals surface area contributed by atoms with Crippen molar-refractivity contribution >= 4 is 11.9 Å². The summed E-state index contributed by atoms with van der Waals surface area (Å²) in [6.07, 6.45) is 20.7. The first kappa shape index (κ1) is 26.6. The van der Waals surface area contributed by atoms with Crippen LogP contribution in [-0.4, -0.2) is 34.9 Å². The van der Waals surface area contributed by atoms with Crippen molar-refractivity contribution in [2.45, 2.75) is 116 Å². The minimum absolute atomic E-state index is 0.0248. The number of unbranched alkanes of at least 4 members (excludes halogenated alkanes) is 12. The van der Waals surface area contributed by atoms with E-state index in [2.05, 4.69) is 19.1 Å². The molecule has 0 aliphatic carbocycles. The van der Waals surface area contributed by atoms with E-state index in [4.69, 9.17) is 14.9 Å². The molecule has 0 aliphatic rings. The van der Waals surface area contributed by atoms with E-state index in [1.807, 2.05) is 0 Å². The normalized spacial score (nSPS) is 12.5. The van der Waals surface area contributed by atoms with E-state index in [1.54, 1.807) is 0 Å².